The normalized spacial score (nSPS) is 12.8. The van der Waals surface area contributed by atoms with Gasteiger partial charge in [-0.1, -0.05) is 52.8 Å². The van der Waals surface area contributed by atoms with Crippen LogP contribution in [-0.4, -0.2) is 24.8 Å². The van der Waals surface area contributed by atoms with Crippen LogP contribution in [0.4, 0.5) is 0 Å². The van der Waals surface area contributed by atoms with Gasteiger partial charge in [0.25, 0.3) is 0 Å². The molecule has 1 aromatic carbocycles. The summed E-state index contributed by atoms with van der Waals surface area (Å²) in [5, 5.41) is 0. The molecule has 0 heterocycles. The molecule has 0 N–H and O–H groups in total. The van der Waals surface area contributed by atoms with Crippen LogP contribution in [0.15, 0.2) is 41.4 Å². The fourth-order valence-electron chi connectivity index (χ4n) is 2.07. The summed E-state index contributed by atoms with van der Waals surface area (Å²) in [6.45, 7) is 5.38. The number of allylic oxidation sites excluding steroid dienone is 1. The van der Waals surface area contributed by atoms with E-state index in [2.05, 4.69) is 22.5 Å². The van der Waals surface area contributed by atoms with E-state index in [9.17, 15) is 14.4 Å². The smallest absolute Gasteiger partial charge is 0.324 e. The van der Waals surface area contributed by atoms with Gasteiger partial charge in [0.05, 0.1) is 6.61 Å². The van der Waals surface area contributed by atoms with E-state index in [1.54, 1.807) is 19.1 Å². The van der Waals surface area contributed by atoms with Gasteiger partial charge >= 0.3 is 11.9 Å². The minimum absolute atomic E-state index is 0.00838. The van der Waals surface area contributed by atoms with E-state index >= 15 is 0 Å². The van der Waals surface area contributed by atoms with E-state index in [1.165, 1.54) is 0 Å². The minimum atomic E-state index is -1.72. The highest BCUT2D eigenvalue weighted by Crippen LogP contribution is 2.35. The Kier molecular flexibility index (Phi) is 7.68. The van der Waals surface area contributed by atoms with Crippen LogP contribution in [0.2, 0.25) is 0 Å². The van der Waals surface area contributed by atoms with Gasteiger partial charge in [-0.3, -0.25) is 9.59 Å². The van der Waals surface area contributed by atoms with Crippen LogP contribution in [0.25, 0.3) is 0 Å². The number of halogens is 1. The molecule has 0 saturated heterocycles. The molecular formula is C17H19BrO5. The van der Waals surface area contributed by atoms with Crippen molar-refractivity contribution in [2.24, 2.45) is 5.41 Å². The summed E-state index contributed by atoms with van der Waals surface area (Å²) in [5.41, 5.74) is -0.935. The molecule has 1 unspecified atom stereocenters. The van der Waals surface area contributed by atoms with Crippen molar-refractivity contribution >= 4 is 34.2 Å². The zero-order chi connectivity index (χ0) is 17.3. The molecule has 1 rings (SSSR count). The lowest BCUT2D eigenvalue weighted by Crippen LogP contribution is -2.42. The molecule has 0 aliphatic heterocycles. The van der Waals surface area contributed by atoms with Crippen LogP contribution in [-0.2, 0) is 30.5 Å². The van der Waals surface area contributed by atoms with Gasteiger partial charge in [-0.15, -0.1) is 0 Å². The standard InChI is InChI=1S/C17H19BrO5/c1-3-22-15(20)17(9-10-19,11-13(2)18)16(21)23-12-14-7-5-4-6-8-14/h4-8,10H,2-3,9,11-12H2,1H3. The van der Waals surface area contributed by atoms with Crippen LogP contribution >= 0.6 is 15.9 Å². The van der Waals surface area contributed by atoms with Gasteiger partial charge in [-0.25, -0.2) is 0 Å². The lowest BCUT2D eigenvalue weighted by Gasteiger charge is -2.27. The van der Waals surface area contributed by atoms with Crippen LogP contribution in [0.5, 0.6) is 0 Å². The molecule has 0 saturated carbocycles. The molecule has 0 bridgehead atoms. The molecule has 5 nitrogen and oxygen atoms in total. The molecule has 0 spiro atoms. The van der Waals surface area contributed by atoms with Crippen LogP contribution < -0.4 is 0 Å². The maximum absolute atomic E-state index is 12.5. The fraction of sp³-hybridized carbons (Fsp3) is 0.353. The number of rotatable bonds is 9. The number of carbonyl (C=O) groups is 3. The Hall–Kier alpha value is -1.95. The molecule has 0 amide bonds. The average molecular weight is 383 g/mol. The molecule has 1 aromatic rings. The first-order valence-electron chi connectivity index (χ1n) is 7.11. The van der Waals surface area contributed by atoms with Crippen LogP contribution in [0.1, 0.15) is 25.3 Å². The highest BCUT2D eigenvalue weighted by molar-refractivity contribution is 9.11. The van der Waals surface area contributed by atoms with Crippen molar-refractivity contribution in [3.8, 4) is 0 Å². The summed E-state index contributed by atoms with van der Waals surface area (Å²) < 4.78 is 10.6. The highest BCUT2D eigenvalue weighted by Gasteiger charge is 2.49. The summed E-state index contributed by atoms with van der Waals surface area (Å²) in [6, 6.07) is 9.06. The Morgan fingerprint density at radius 2 is 1.83 bits per heavy atom. The first-order valence-corrected chi connectivity index (χ1v) is 7.91. The van der Waals surface area contributed by atoms with Gasteiger partial charge in [-0.2, -0.15) is 0 Å². The zero-order valence-electron chi connectivity index (χ0n) is 12.9. The van der Waals surface area contributed by atoms with Crippen molar-refractivity contribution < 1.29 is 23.9 Å². The number of benzene rings is 1. The van der Waals surface area contributed by atoms with Crippen molar-refractivity contribution in [1.29, 1.82) is 0 Å². The second-order valence-electron chi connectivity index (χ2n) is 4.93. The lowest BCUT2D eigenvalue weighted by atomic mass is 9.81. The van der Waals surface area contributed by atoms with Crippen molar-refractivity contribution in [3.63, 3.8) is 0 Å². The Labute approximate surface area is 143 Å². The Bertz CT molecular complexity index is 570. The van der Waals surface area contributed by atoms with Crippen molar-refractivity contribution in [2.75, 3.05) is 6.61 Å². The van der Waals surface area contributed by atoms with Gasteiger partial charge in [0.15, 0.2) is 5.41 Å². The summed E-state index contributed by atoms with van der Waals surface area (Å²) in [6.07, 6.45) is 0.110. The minimum Gasteiger partial charge on any atom is -0.465 e. The Morgan fingerprint density at radius 1 is 1.22 bits per heavy atom. The highest BCUT2D eigenvalue weighted by atomic mass is 79.9. The van der Waals surface area contributed by atoms with Crippen molar-refractivity contribution in [1.82, 2.24) is 0 Å². The van der Waals surface area contributed by atoms with Gasteiger partial charge in [0.1, 0.15) is 12.9 Å². The van der Waals surface area contributed by atoms with E-state index in [1.807, 2.05) is 18.2 Å². The first-order chi connectivity index (χ1) is 11.0. The molecule has 124 valence electrons. The predicted molar refractivity (Wildman–Crippen MR) is 88.7 cm³/mol. The third-order valence-electron chi connectivity index (χ3n) is 3.20. The number of hydrogen-bond donors (Lipinski definition) is 0. The zero-order valence-corrected chi connectivity index (χ0v) is 14.5. The monoisotopic (exact) mass is 382 g/mol. The summed E-state index contributed by atoms with van der Waals surface area (Å²) in [7, 11) is 0. The Morgan fingerprint density at radius 3 is 2.35 bits per heavy atom. The maximum Gasteiger partial charge on any atom is 0.324 e. The largest absolute Gasteiger partial charge is 0.465 e. The number of aldehydes is 1. The van der Waals surface area contributed by atoms with Gasteiger partial charge in [-0.05, 0) is 17.0 Å². The van der Waals surface area contributed by atoms with Gasteiger partial charge < -0.3 is 14.3 Å². The average Bonchev–Trinajstić information content (AvgIpc) is 2.52. The molecule has 23 heavy (non-hydrogen) atoms. The van der Waals surface area contributed by atoms with Crippen molar-refractivity contribution in [3.05, 3.63) is 47.0 Å². The number of hydrogen-bond acceptors (Lipinski definition) is 5. The van der Waals surface area contributed by atoms with Gasteiger partial charge in [0, 0.05) is 12.8 Å². The number of carbonyl (C=O) groups excluding carboxylic acids is 3. The molecule has 0 radical (unpaired) electrons. The summed E-state index contributed by atoms with van der Waals surface area (Å²) in [5.74, 6) is -1.58. The molecule has 0 aromatic heterocycles. The third-order valence-corrected chi connectivity index (χ3v) is 3.48. The van der Waals surface area contributed by atoms with E-state index in [0.717, 1.165) is 5.56 Å². The summed E-state index contributed by atoms with van der Waals surface area (Å²) in [4.78, 5) is 35.9. The van der Waals surface area contributed by atoms with Crippen LogP contribution in [0.3, 0.4) is 0 Å². The topological polar surface area (TPSA) is 69.7 Å². The second kappa shape index (κ2) is 9.25. The van der Waals surface area contributed by atoms with E-state index in [-0.39, 0.29) is 26.1 Å². The van der Waals surface area contributed by atoms with E-state index in [0.29, 0.717) is 10.8 Å². The molecule has 6 heteroatoms. The second-order valence-corrected chi connectivity index (χ2v) is 6.05. The fourth-order valence-corrected chi connectivity index (χ4v) is 2.55. The van der Waals surface area contributed by atoms with Gasteiger partial charge in [0.2, 0.25) is 0 Å². The molecule has 0 fully saturated rings. The SMILES string of the molecule is C=C(Br)CC(CC=O)(C(=O)OCC)C(=O)OCc1ccccc1. The summed E-state index contributed by atoms with van der Waals surface area (Å²) >= 11 is 3.14. The molecular weight excluding hydrogens is 364 g/mol. The predicted octanol–water partition coefficient (Wildman–Crippen LogP) is 3.17. The third kappa shape index (κ3) is 5.32. The Balaban J connectivity index is 2.99. The van der Waals surface area contributed by atoms with Crippen LogP contribution in [0, 0.1) is 5.41 Å². The molecule has 0 aliphatic carbocycles. The van der Waals surface area contributed by atoms with E-state index in [4.69, 9.17) is 9.47 Å². The number of ether oxygens (including phenoxy) is 2. The number of esters is 2. The first kappa shape index (κ1) is 19.1. The van der Waals surface area contributed by atoms with Crippen molar-refractivity contribution in [2.45, 2.75) is 26.4 Å². The maximum atomic E-state index is 12.5. The lowest BCUT2D eigenvalue weighted by molar-refractivity contribution is -0.174. The quantitative estimate of drug-likeness (QED) is 0.372. The van der Waals surface area contributed by atoms with E-state index < -0.39 is 17.4 Å². The molecule has 1 atom stereocenters. The molecule has 0 aliphatic rings.